The Morgan fingerprint density at radius 1 is 0.897 bits per heavy atom. The first-order valence-electron chi connectivity index (χ1n) is 10.1. The van der Waals surface area contributed by atoms with Crippen LogP contribution in [-0.4, -0.2) is 38.8 Å². The lowest BCUT2D eigenvalue weighted by Gasteiger charge is -2.33. The summed E-state index contributed by atoms with van der Waals surface area (Å²) >= 11 is 0. The Morgan fingerprint density at radius 2 is 1.38 bits per heavy atom. The molecule has 0 heterocycles. The second-order valence-corrected chi connectivity index (χ2v) is 10.6. The lowest BCUT2D eigenvalue weighted by Crippen LogP contribution is -2.33. The number of hydrogen-bond acceptors (Lipinski definition) is 7. The van der Waals surface area contributed by atoms with Gasteiger partial charge in [0.05, 0.1) is 32.1 Å². The number of nitrogens with one attached hydrogen (secondary N) is 1. The highest BCUT2D eigenvalue weighted by Gasteiger charge is 2.44. The normalized spacial score (nSPS) is 14.5. The smallest absolute Gasteiger partial charge is 0.308 e. The van der Waals surface area contributed by atoms with Crippen molar-refractivity contribution < 1.29 is 27.2 Å². The van der Waals surface area contributed by atoms with Gasteiger partial charge in [-0.15, -0.1) is 6.58 Å². The molecule has 0 amide bonds. The van der Waals surface area contributed by atoms with Gasteiger partial charge in [0.25, 0.3) is 0 Å². The largest absolute Gasteiger partial charge is 0.347 e. The summed E-state index contributed by atoms with van der Waals surface area (Å²) in [4.78, 5) is 0. The zero-order valence-corrected chi connectivity index (χ0v) is 19.7. The molecule has 1 aromatic carbocycles. The predicted molar refractivity (Wildman–Crippen MR) is 118 cm³/mol. The maximum Gasteiger partial charge on any atom is 0.347 e. The Bertz CT molecular complexity index is 665. The molecule has 0 radical (unpaired) electrons. The van der Waals surface area contributed by atoms with Crippen LogP contribution in [0.25, 0.3) is 0 Å². The highest BCUT2D eigenvalue weighted by Crippen LogP contribution is 2.65. The van der Waals surface area contributed by atoms with E-state index in [2.05, 4.69) is 11.9 Å². The van der Waals surface area contributed by atoms with E-state index in [1.807, 2.05) is 30.3 Å². The van der Waals surface area contributed by atoms with Crippen LogP contribution < -0.4 is 5.32 Å². The van der Waals surface area contributed by atoms with Crippen LogP contribution in [0.3, 0.4) is 0 Å². The summed E-state index contributed by atoms with van der Waals surface area (Å²) in [7, 11) is -7.07. The fourth-order valence-electron chi connectivity index (χ4n) is 3.03. The van der Waals surface area contributed by atoms with Gasteiger partial charge in [-0.1, -0.05) is 36.4 Å². The van der Waals surface area contributed by atoms with Crippen LogP contribution in [-0.2, 0) is 27.2 Å². The van der Waals surface area contributed by atoms with Crippen LogP contribution in [0.4, 0.5) is 0 Å². The zero-order chi connectivity index (χ0) is 21.8. The molecule has 1 N–H and O–H groups in total. The highest BCUT2D eigenvalue weighted by molar-refractivity contribution is 7.55. The summed E-state index contributed by atoms with van der Waals surface area (Å²) in [6, 6.07) is 9.34. The molecule has 0 fully saturated rings. The van der Waals surface area contributed by atoms with Crippen molar-refractivity contribution in [1.29, 1.82) is 0 Å². The van der Waals surface area contributed by atoms with Gasteiger partial charge in [0, 0.05) is 6.54 Å². The molecule has 166 valence electrons. The number of rotatable bonds is 16. The summed E-state index contributed by atoms with van der Waals surface area (Å²) in [5.41, 5.74) is 0.142. The van der Waals surface area contributed by atoms with Crippen molar-refractivity contribution in [2.75, 3.05) is 33.0 Å². The molecule has 0 aliphatic rings. The average Bonchev–Trinajstić information content (AvgIpc) is 2.69. The first-order chi connectivity index (χ1) is 13.9. The fraction of sp³-hybridized carbons (Fsp3) is 0.600. The van der Waals surface area contributed by atoms with Crippen molar-refractivity contribution in [3.8, 4) is 0 Å². The quantitative estimate of drug-likeness (QED) is 0.255. The molecule has 0 bridgehead atoms. The third kappa shape index (κ3) is 7.76. The zero-order valence-electron chi connectivity index (χ0n) is 17.9. The summed E-state index contributed by atoms with van der Waals surface area (Å²) in [5.74, 6) is -0.708. The molecule has 1 aromatic rings. The van der Waals surface area contributed by atoms with Gasteiger partial charge in [-0.25, -0.2) is 0 Å². The molecule has 0 spiro atoms. The summed E-state index contributed by atoms with van der Waals surface area (Å²) in [6.45, 7) is 12.1. The standard InChI is InChI=1S/C20H35NO6P2/c1-6-16-21-20(29(23,26-9-4)27-10-5)17-19(18-14-12-11-13-15-18)28(22,24-7-2)25-8-3/h6,11-15,19-21H,1,7-10,16-17H2,2-5H3. The lowest BCUT2D eigenvalue weighted by molar-refractivity contribution is 0.198. The Balaban J connectivity index is 3.41. The summed E-state index contributed by atoms with van der Waals surface area (Å²) in [6.07, 6.45) is 1.85. The topological polar surface area (TPSA) is 83.1 Å². The Hall–Kier alpha value is -0.780. The molecule has 9 heteroatoms. The third-order valence-electron chi connectivity index (χ3n) is 4.13. The average molecular weight is 447 g/mol. The monoisotopic (exact) mass is 447 g/mol. The van der Waals surface area contributed by atoms with Gasteiger partial charge in [-0.2, -0.15) is 0 Å². The van der Waals surface area contributed by atoms with Gasteiger partial charge >= 0.3 is 15.2 Å². The van der Waals surface area contributed by atoms with Crippen molar-refractivity contribution in [3.05, 3.63) is 48.6 Å². The maximum absolute atomic E-state index is 13.7. The van der Waals surface area contributed by atoms with E-state index in [0.717, 1.165) is 5.56 Å². The van der Waals surface area contributed by atoms with Crippen molar-refractivity contribution in [1.82, 2.24) is 5.32 Å². The second kappa shape index (κ2) is 13.5. The molecule has 0 aromatic heterocycles. The van der Waals surface area contributed by atoms with E-state index in [1.54, 1.807) is 33.8 Å². The predicted octanol–water partition coefficient (Wildman–Crippen LogP) is 5.75. The van der Waals surface area contributed by atoms with E-state index in [4.69, 9.17) is 18.1 Å². The first kappa shape index (κ1) is 26.3. The van der Waals surface area contributed by atoms with E-state index < -0.39 is 26.6 Å². The molecule has 2 atom stereocenters. The molecule has 0 saturated heterocycles. The summed E-state index contributed by atoms with van der Waals surface area (Å²) in [5, 5.41) is 3.17. The molecular formula is C20H35NO6P2. The van der Waals surface area contributed by atoms with E-state index in [-0.39, 0.29) is 32.8 Å². The molecule has 2 unspecified atom stereocenters. The molecule has 0 aliphatic heterocycles. The van der Waals surface area contributed by atoms with Gasteiger partial charge in [0.1, 0.15) is 5.78 Å². The fourth-order valence-corrected chi connectivity index (χ4v) is 7.31. The van der Waals surface area contributed by atoms with Gasteiger partial charge < -0.3 is 23.4 Å². The van der Waals surface area contributed by atoms with Crippen LogP contribution >= 0.6 is 15.2 Å². The second-order valence-electron chi connectivity index (χ2n) is 6.13. The minimum Gasteiger partial charge on any atom is -0.308 e. The Labute approximate surface area is 175 Å². The summed E-state index contributed by atoms with van der Waals surface area (Å²) < 4.78 is 49.6. The van der Waals surface area contributed by atoms with Crippen LogP contribution in [0.2, 0.25) is 0 Å². The molecule has 1 rings (SSSR count). The maximum atomic E-state index is 13.7. The van der Waals surface area contributed by atoms with Gasteiger partial charge in [-0.3, -0.25) is 9.13 Å². The van der Waals surface area contributed by atoms with Gasteiger partial charge in [0.15, 0.2) is 0 Å². The van der Waals surface area contributed by atoms with Crippen LogP contribution in [0.1, 0.15) is 45.3 Å². The van der Waals surface area contributed by atoms with Gasteiger partial charge in [-0.05, 0) is 39.7 Å². The minimum atomic E-state index is -3.54. The minimum absolute atomic E-state index is 0.187. The Morgan fingerprint density at radius 3 is 1.83 bits per heavy atom. The van der Waals surface area contributed by atoms with Crippen LogP contribution in [0, 0.1) is 0 Å². The van der Waals surface area contributed by atoms with Gasteiger partial charge in [0.2, 0.25) is 0 Å². The van der Waals surface area contributed by atoms with E-state index >= 15 is 0 Å². The molecule has 29 heavy (non-hydrogen) atoms. The molecular weight excluding hydrogens is 412 g/mol. The van der Waals surface area contributed by atoms with E-state index in [9.17, 15) is 9.13 Å². The number of hydrogen-bond donors (Lipinski definition) is 1. The van der Waals surface area contributed by atoms with E-state index in [1.165, 1.54) is 0 Å². The lowest BCUT2D eigenvalue weighted by atomic mass is 10.1. The van der Waals surface area contributed by atoms with Crippen molar-refractivity contribution in [2.45, 2.75) is 45.6 Å². The van der Waals surface area contributed by atoms with Crippen molar-refractivity contribution in [3.63, 3.8) is 0 Å². The third-order valence-corrected chi connectivity index (χ3v) is 9.03. The first-order valence-corrected chi connectivity index (χ1v) is 13.3. The SMILES string of the molecule is C=CCNC(CC(c1ccccc1)P(=O)(OCC)OCC)P(=O)(OCC)OCC. The van der Waals surface area contributed by atoms with Crippen molar-refractivity contribution >= 4 is 15.2 Å². The highest BCUT2D eigenvalue weighted by atomic mass is 31.2. The molecule has 0 saturated carbocycles. The number of benzene rings is 1. The molecule has 7 nitrogen and oxygen atoms in total. The molecule has 0 aliphatic carbocycles. The van der Waals surface area contributed by atoms with E-state index in [0.29, 0.717) is 6.54 Å². The Kier molecular flexibility index (Phi) is 12.2. The van der Waals surface area contributed by atoms with Crippen LogP contribution in [0.5, 0.6) is 0 Å². The van der Waals surface area contributed by atoms with Crippen molar-refractivity contribution in [2.24, 2.45) is 0 Å². The van der Waals surface area contributed by atoms with Crippen LogP contribution in [0.15, 0.2) is 43.0 Å².